The Labute approximate surface area is 125 Å². The smallest absolute Gasteiger partial charge is 0.304 e. The van der Waals surface area contributed by atoms with Crippen LogP contribution in [0.4, 0.5) is 0 Å². The van der Waals surface area contributed by atoms with Crippen LogP contribution in [0, 0.1) is 0 Å². The lowest BCUT2D eigenvalue weighted by molar-refractivity contribution is -0.137. The molecule has 0 radical (unpaired) electrons. The first-order chi connectivity index (χ1) is 9.70. The zero-order valence-corrected chi connectivity index (χ0v) is 12.7. The fourth-order valence-corrected chi connectivity index (χ4v) is 4.37. The van der Waals surface area contributed by atoms with Gasteiger partial charge >= 0.3 is 5.97 Å². The van der Waals surface area contributed by atoms with Crippen LogP contribution in [-0.2, 0) is 24.2 Å². The Morgan fingerprint density at radius 1 is 1.50 bits per heavy atom. The normalized spacial score (nSPS) is 15.2. The van der Waals surface area contributed by atoms with E-state index >= 15 is 0 Å². The van der Waals surface area contributed by atoms with Crippen molar-refractivity contribution >= 4 is 28.6 Å². The molecule has 0 bridgehead atoms. The number of rotatable bonds is 5. The second-order valence-corrected chi connectivity index (χ2v) is 7.10. The molecule has 2 aromatic heterocycles. The van der Waals surface area contributed by atoms with E-state index in [9.17, 15) is 4.79 Å². The minimum Gasteiger partial charge on any atom is -0.481 e. The van der Waals surface area contributed by atoms with Crippen molar-refractivity contribution in [2.75, 3.05) is 13.1 Å². The van der Waals surface area contributed by atoms with Gasteiger partial charge in [0, 0.05) is 42.2 Å². The summed E-state index contributed by atoms with van der Waals surface area (Å²) in [6, 6.07) is 4.21. The molecule has 3 heterocycles. The lowest BCUT2D eigenvalue weighted by atomic mass is 10.1. The molecule has 0 unspecified atom stereocenters. The van der Waals surface area contributed by atoms with Gasteiger partial charge in [-0.2, -0.15) is 0 Å². The number of carboxylic acid groups (broad SMARTS) is 1. The van der Waals surface area contributed by atoms with Gasteiger partial charge in [-0.1, -0.05) is 6.07 Å². The van der Waals surface area contributed by atoms with E-state index in [2.05, 4.69) is 22.4 Å². The van der Waals surface area contributed by atoms with Crippen molar-refractivity contribution < 1.29 is 9.90 Å². The number of thiophene rings is 1. The average Bonchev–Trinajstić information content (AvgIpc) is 3.04. The van der Waals surface area contributed by atoms with E-state index < -0.39 is 5.97 Å². The lowest BCUT2D eigenvalue weighted by Crippen LogP contribution is -2.31. The van der Waals surface area contributed by atoms with E-state index in [0.717, 1.165) is 25.9 Å². The second-order valence-electron chi connectivity index (χ2n) is 4.90. The fourth-order valence-electron chi connectivity index (χ4n) is 2.38. The molecule has 3 rings (SSSR count). The predicted molar refractivity (Wildman–Crippen MR) is 80.5 cm³/mol. The maximum atomic E-state index is 10.6. The molecule has 0 fully saturated rings. The Balaban J connectivity index is 1.65. The molecule has 0 amide bonds. The second kappa shape index (κ2) is 6.03. The quantitative estimate of drug-likeness (QED) is 0.922. The van der Waals surface area contributed by atoms with Crippen LogP contribution in [0.3, 0.4) is 0 Å². The predicted octanol–water partition coefficient (Wildman–Crippen LogP) is 2.63. The maximum Gasteiger partial charge on any atom is 0.304 e. The zero-order chi connectivity index (χ0) is 13.9. The molecule has 1 N–H and O–H groups in total. The van der Waals surface area contributed by atoms with Crippen LogP contribution < -0.4 is 0 Å². The molecule has 0 spiro atoms. The van der Waals surface area contributed by atoms with Crippen LogP contribution >= 0.6 is 22.7 Å². The highest BCUT2D eigenvalue weighted by Gasteiger charge is 2.21. The molecule has 0 aromatic carbocycles. The molecule has 4 nitrogen and oxygen atoms in total. The number of carbonyl (C=O) groups is 1. The zero-order valence-electron chi connectivity index (χ0n) is 11.0. The van der Waals surface area contributed by atoms with Gasteiger partial charge in [0.25, 0.3) is 0 Å². The summed E-state index contributed by atoms with van der Waals surface area (Å²) >= 11 is 3.54. The third-order valence-electron chi connectivity index (χ3n) is 3.40. The monoisotopic (exact) mass is 308 g/mol. The third-order valence-corrected chi connectivity index (χ3v) is 5.36. The van der Waals surface area contributed by atoms with Crippen molar-refractivity contribution in [1.82, 2.24) is 9.88 Å². The molecular formula is C14H16N2O2S2. The molecule has 0 saturated heterocycles. The minimum atomic E-state index is -0.724. The van der Waals surface area contributed by atoms with Gasteiger partial charge in [0.15, 0.2) is 0 Å². The van der Waals surface area contributed by atoms with Crippen molar-refractivity contribution in [2.45, 2.75) is 25.8 Å². The standard InChI is InChI=1S/C14H16N2O2S2/c17-14(18)4-6-16-5-3-11-12(9-16)20-13(15-11)8-10-2-1-7-19-10/h1-2,7H,3-6,8-9H2,(H,17,18). The molecular weight excluding hydrogens is 292 g/mol. The van der Waals surface area contributed by atoms with Gasteiger partial charge in [-0.25, -0.2) is 4.98 Å². The maximum absolute atomic E-state index is 10.6. The van der Waals surface area contributed by atoms with Crippen LogP contribution in [0.5, 0.6) is 0 Å². The molecule has 0 atom stereocenters. The Morgan fingerprint density at radius 2 is 2.40 bits per heavy atom. The highest BCUT2D eigenvalue weighted by atomic mass is 32.1. The van der Waals surface area contributed by atoms with Crippen molar-refractivity contribution in [1.29, 1.82) is 0 Å². The largest absolute Gasteiger partial charge is 0.481 e. The molecule has 1 aliphatic rings. The summed E-state index contributed by atoms with van der Waals surface area (Å²) in [5.41, 5.74) is 1.22. The molecule has 2 aromatic rings. The van der Waals surface area contributed by atoms with E-state index in [1.165, 1.54) is 20.5 Å². The first-order valence-corrected chi connectivity index (χ1v) is 8.34. The SMILES string of the molecule is O=C(O)CCN1CCc2nc(Cc3cccs3)sc2C1. The Bertz CT molecular complexity index is 592. The number of thiazole rings is 1. The number of hydrogen-bond acceptors (Lipinski definition) is 5. The molecule has 20 heavy (non-hydrogen) atoms. The molecule has 0 saturated carbocycles. The Kier molecular flexibility index (Phi) is 4.14. The van der Waals surface area contributed by atoms with Crippen molar-refractivity contribution in [3.63, 3.8) is 0 Å². The molecule has 0 aliphatic carbocycles. The van der Waals surface area contributed by atoms with Gasteiger partial charge < -0.3 is 5.11 Å². The Hall–Kier alpha value is -1.24. The van der Waals surface area contributed by atoms with Crippen LogP contribution in [0.15, 0.2) is 17.5 Å². The number of nitrogens with zero attached hydrogens (tertiary/aromatic N) is 2. The first-order valence-electron chi connectivity index (χ1n) is 6.64. The summed E-state index contributed by atoms with van der Waals surface area (Å²) in [4.78, 5) is 20.2. The number of aromatic nitrogens is 1. The van der Waals surface area contributed by atoms with E-state index in [0.29, 0.717) is 6.54 Å². The van der Waals surface area contributed by atoms with Gasteiger partial charge in [-0.05, 0) is 11.4 Å². The van der Waals surface area contributed by atoms with Crippen molar-refractivity contribution in [3.8, 4) is 0 Å². The summed E-state index contributed by atoms with van der Waals surface area (Å²) < 4.78 is 0. The van der Waals surface area contributed by atoms with E-state index in [1.807, 2.05) is 0 Å². The van der Waals surface area contributed by atoms with Gasteiger partial charge in [0.05, 0.1) is 17.1 Å². The summed E-state index contributed by atoms with van der Waals surface area (Å²) in [6.45, 7) is 2.40. The summed E-state index contributed by atoms with van der Waals surface area (Å²) in [5, 5.41) is 12.0. The van der Waals surface area contributed by atoms with Gasteiger partial charge in [-0.3, -0.25) is 9.69 Å². The average molecular weight is 308 g/mol. The number of carboxylic acids is 1. The molecule has 1 aliphatic heterocycles. The summed E-state index contributed by atoms with van der Waals surface area (Å²) in [6.07, 6.45) is 2.08. The third kappa shape index (κ3) is 3.26. The Morgan fingerprint density at radius 3 is 3.15 bits per heavy atom. The number of fused-ring (bicyclic) bond motifs is 1. The first kappa shape index (κ1) is 13.7. The van der Waals surface area contributed by atoms with Crippen LogP contribution in [0.25, 0.3) is 0 Å². The van der Waals surface area contributed by atoms with E-state index in [-0.39, 0.29) is 6.42 Å². The molecule has 6 heteroatoms. The lowest BCUT2D eigenvalue weighted by Gasteiger charge is -2.24. The highest BCUT2D eigenvalue weighted by molar-refractivity contribution is 7.12. The summed E-state index contributed by atoms with van der Waals surface area (Å²) in [5.74, 6) is -0.724. The minimum absolute atomic E-state index is 0.218. The summed E-state index contributed by atoms with van der Waals surface area (Å²) in [7, 11) is 0. The van der Waals surface area contributed by atoms with Crippen LogP contribution in [0.2, 0.25) is 0 Å². The molecule has 106 valence electrons. The van der Waals surface area contributed by atoms with Crippen molar-refractivity contribution in [2.24, 2.45) is 0 Å². The number of aliphatic carboxylic acids is 1. The number of hydrogen-bond donors (Lipinski definition) is 1. The van der Waals surface area contributed by atoms with Crippen LogP contribution in [-0.4, -0.2) is 34.0 Å². The fraction of sp³-hybridized carbons (Fsp3) is 0.429. The van der Waals surface area contributed by atoms with Crippen molar-refractivity contribution in [3.05, 3.63) is 38.0 Å². The van der Waals surface area contributed by atoms with E-state index in [1.54, 1.807) is 22.7 Å². The van der Waals surface area contributed by atoms with Gasteiger partial charge in [0.1, 0.15) is 0 Å². The topological polar surface area (TPSA) is 53.4 Å². The van der Waals surface area contributed by atoms with E-state index in [4.69, 9.17) is 10.1 Å². The van der Waals surface area contributed by atoms with Crippen LogP contribution in [0.1, 0.15) is 26.9 Å². The van der Waals surface area contributed by atoms with Gasteiger partial charge in [-0.15, -0.1) is 22.7 Å². The van der Waals surface area contributed by atoms with Gasteiger partial charge in [0.2, 0.25) is 0 Å². The highest BCUT2D eigenvalue weighted by Crippen LogP contribution is 2.27.